The first-order chi connectivity index (χ1) is 12.1. The molecule has 2 aromatic carbocycles. The number of carbonyl (C=O) groups is 2. The van der Waals surface area contributed by atoms with Gasteiger partial charge in [-0.05, 0) is 35.6 Å². The number of thioether (sulfide) groups is 1. The van der Waals surface area contributed by atoms with E-state index >= 15 is 0 Å². The molecule has 1 atom stereocenters. The molecule has 2 rings (SSSR count). The monoisotopic (exact) mass is 359 g/mol. The molecule has 0 radical (unpaired) electrons. The molecule has 0 bridgehead atoms. The van der Waals surface area contributed by atoms with E-state index in [1.807, 2.05) is 42.7 Å². The lowest BCUT2D eigenvalue weighted by atomic mass is 9.98. The standard InChI is InChI=1S/C19H21NO4S/c1-24-16-10-6-9-14(13-7-4-3-5-8-13)17(16)18(21)20-15(19(22)23)11-12-25-2/h3-10,15H,11-12H2,1-2H3,(H,20,21)(H,22,23)/t15-/m0/s1. The molecule has 0 aliphatic rings. The van der Waals surface area contributed by atoms with E-state index in [1.54, 1.807) is 12.1 Å². The van der Waals surface area contributed by atoms with Crippen molar-refractivity contribution in [1.82, 2.24) is 5.32 Å². The zero-order chi connectivity index (χ0) is 18.2. The van der Waals surface area contributed by atoms with Crippen LogP contribution in [0.25, 0.3) is 11.1 Å². The Bertz CT molecular complexity index is 733. The maximum Gasteiger partial charge on any atom is 0.326 e. The lowest BCUT2D eigenvalue weighted by molar-refractivity contribution is -0.139. The average molecular weight is 359 g/mol. The Balaban J connectivity index is 2.39. The molecule has 2 N–H and O–H groups in total. The normalized spacial score (nSPS) is 11.6. The van der Waals surface area contributed by atoms with Gasteiger partial charge in [-0.15, -0.1) is 0 Å². The van der Waals surface area contributed by atoms with Crippen LogP contribution in [0.3, 0.4) is 0 Å². The van der Waals surface area contributed by atoms with Gasteiger partial charge in [0.1, 0.15) is 11.8 Å². The van der Waals surface area contributed by atoms with Gasteiger partial charge in [0.25, 0.3) is 5.91 Å². The third-order valence-corrected chi connectivity index (χ3v) is 4.42. The molecule has 0 heterocycles. The second kappa shape index (κ2) is 9.13. The summed E-state index contributed by atoms with van der Waals surface area (Å²) in [4.78, 5) is 24.3. The van der Waals surface area contributed by atoms with Gasteiger partial charge in [-0.3, -0.25) is 4.79 Å². The summed E-state index contributed by atoms with van der Waals surface area (Å²) in [6, 6.07) is 13.8. The van der Waals surface area contributed by atoms with Gasteiger partial charge in [0.2, 0.25) is 0 Å². The van der Waals surface area contributed by atoms with Crippen molar-refractivity contribution < 1.29 is 19.4 Å². The largest absolute Gasteiger partial charge is 0.496 e. The van der Waals surface area contributed by atoms with Crippen molar-refractivity contribution in [2.75, 3.05) is 19.1 Å². The number of rotatable bonds is 8. The fraction of sp³-hybridized carbons (Fsp3) is 0.263. The van der Waals surface area contributed by atoms with Gasteiger partial charge in [-0.2, -0.15) is 11.8 Å². The SMILES string of the molecule is COc1cccc(-c2ccccc2)c1C(=O)N[C@@H](CCSC)C(=O)O. The number of nitrogens with one attached hydrogen (secondary N) is 1. The first-order valence-electron chi connectivity index (χ1n) is 7.83. The van der Waals surface area contributed by atoms with Crippen molar-refractivity contribution in [3.63, 3.8) is 0 Å². The summed E-state index contributed by atoms with van der Waals surface area (Å²) >= 11 is 1.54. The van der Waals surface area contributed by atoms with Crippen LogP contribution in [0, 0.1) is 0 Å². The van der Waals surface area contributed by atoms with Crippen LogP contribution in [0.4, 0.5) is 0 Å². The van der Waals surface area contributed by atoms with Crippen LogP contribution in [0.2, 0.25) is 0 Å². The van der Waals surface area contributed by atoms with Gasteiger partial charge in [-0.1, -0.05) is 42.5 Å². The fourth-order valence-corrected chi connectivity index (χ4v) is 2.99. The minimum Gasteiger partial charge on any atom is -0.496 e. The number of hydrogen-bond acceptors (Lipinski definition) is 4. The Labute approximate surface area is 151 Å². The lowest BCUT2D eigenvalue weighted by Gasteiger charge is -2.18. The van der Waals surface area contributed by atoms with Crippen molar-refractivity contribution >= 4 is 23.6 Å². The van der Waals surface area contributed by atoms with Gasteiger partial charge in [-0.25, -0.2) is 4.79 Å². The van der Waals surface area contributed by atoms with Crippen LogP contribution in [0.1, 0.15) is 16.8 Å². The molecule has 0 unspecified atom stereocenters. The maximum atomic E-state index is 12.8. The second-order valence-electron chi connectivity index (χ2n) is 5.39. The first kappa shape index (κ1) is 18.9. The molecule has 6 heteroatoms. The molecule has 1 amide bonds. The van der Waals surface area contributed by atoms with Crippen molar-refractivity contribution in [2.24, 2.45) is 0 Å². The van der Waals surface area contributed by atoms with Gasteiger partial charge < -0.3 is 15.2 Å². The highest BCUT2D eigenvalue weighted by Gasteiger charge is 2.24. The Morgan fingerprint density at radius 2 is 1.88 bits per heavy atom. The molecule has 5 nitrogen and oxygen atoms in total. The van der Waals surface area contributed by atoms with E-state index in [0.717, 1.165) is 5.56 Å². The quantitative estimate of drug-likeness (QED) is 0.756. The minimum absolute atomic E-state index is 0.339. The molecule has 0 aromatic heterocycles. The minimum atomic E-state index is -1.04. The van der Waals surface area contributed by atoms with E-state index in [9.17, 15) is 14.7 Å². The Morgan fingerprint density at radius 1 is 1.16 bits per heavy atom. The van der Waals surface area contributed by atoms with Crippen LogP contribution in [0.5, 0.6) is 5.75 Å². The third kappa shape index (κ3) is 4.76. The predicted molar refractivity (Wildman–Crippen MR) is 100 cm³/mol. The molecule has 25 heavy (non-hydrogen) atoms. The fourth-order valence-electron chi connectivity index (χ4n) is 2.52. The second-order valence-corrected chi connectivity index (χ2v) is 6.38. The van der Waals surface area contributed by atoms with Gasteiger partial charge in [0.05, 0.1) is 12.7 Å². The molecule has 0 aliphatic heterocycles. The molecular weight excluding hydrogens is 338 g/mol. The maximum absolute atomic E-state index is 12.8. The lowest BCUT2D eigenvalue weighted by Crippen LogP contribution is -2.41. The third-order valence-electron chi connectivity index (χ3n) is 3.77. The molecule has 0 spiro atoms. The number of carboxylic acids is 1. The van der Waals surface area contributed by atoms with E-state index in [-0.39, 0.29) is 0 Å². The van der Waals surface area contributed by atoms with E-state index < -0.39 is 17.9 Å². The van der Waals surface area contributed by atoms with E-state index in [2.05, 4.69) is 5.32 Å². The predicted octanol–water partition coefficient (Wildman–Crippen LogP) is 3.30. The Morgan fingerprint density at radius 3 is 2.48 bits per heavy atom. The molecule has 2 aromatic rings. The smallest absolute Gasteiger partial charge is 0.326 e. The number of carbonyl (C=O) groups excluding carboxylic acids is 1. The number of benzene rings is 2. The van der Waals surface area contributed by atoms with Crippen LogP contribution in [0.15, 0.2) is 48.5 Å². The summed E-state index contributed by atoms with van der Waals surface area (Å²) in [5.41, 5.74) is 1.90. The Hall–Kier alpha value is -2.47. The Kier molecular flexibility index (Phi) is 6.89. The molecular formula is C19H21NO4S. The number of carboxylic acid groups (broad SMARTS) is 1. The molecule has 132 valence electrons. The van der Waals surface area contributed by atoms with Gasteiger partial charge >= 0.3 is 5.97 Å². The number of methoxy groups -OCH3 is 1. The summed E-state index contributed by atoms with van der Waals surface area (Å²) in [7, 11) is 1.49. The summed E-state index contributed by atoms with van der Waals surface area (Å²) in [5, 5.41) is 12.0. The highest BCUT2D eigenvalue weighted by Crippen LogP contribution is 2.30. The van der Waals surface area contributed by atoms with Crippen LogP contribution >= 0.6 is 11.8 Å². The van der Waals surface area contributed by atoms with Crippen molar-refractivity contribution in [3.05, 3.63) is 54.1 Å². The van der Waals surface area contributed by atoms with Gasteiger partial charge in [0.15, 0.2) is 0 Å². The summed E-state index contributed by atoms with van der Waals surface area (Å²) in [5.74, 6) is -0.439. The number of hydrogen-bond donors (Lipinski definition) is 2. The van der Waals surface area contributed by atoms with Crippen LogP contribution < -0.4 is 10.1 Å². The van der Waals surface area contributed by atoms with Crippen LogP contribution in [-0.4, -0.2) is 42.1 Å². The summed E-state index contributed by atoms with van der Waals surface area (Å²) < 4.78 is 5.34. The van der Waals surface area contributed by atoms with E-state index in [0.29, 0.717) is 29.1 Å². The number of ether oxygens (including phenoxy) is 1. The first-order valence-corrected chi connectivity index (χ1v) is 9.23. The topological polar surface area (TPSA) is 75.6 Å². The zero-order valence-corrected chi connectivity index (χ0v) is 15.0. The number of aliphatic carboxylic acids is 1. The molecule has 0 aliphatic carbocycles. The molecule has 0 saturated heterocycles. The zero-order valence-electron chi connectivity index (χ0n) is 14.2. The van der Waals surface area contributed by atoms with E-state index in [1.165, 1.54) is 18.9 Å². The highest BCUT2D eigenvalue weighted by molar-refractivity contribution is 7.98. The van der Waals surface area contributed by atoms with Crippen molar-refractivity contribution in [2.45, 2.75) is 12.5 Å². The molecule has 0 saturated carbocycles. The average Bonchev–Trinajstić information content (AvgIpc) is 2.64. The van der Waals surface area contributed by atoms with Crippen molar-refractivity contribution in [1.29, 1.82) is 0 Å². The van der Waals surface area contributed by atoms with Crippen molar-refractivity contribution in [3.8, 4) is 16.9 Å². The highest BCUT2D eigenvalue weighted by atomic mass is 32.2. The van der Waals surface area contributed by atoms with Crippen LogP contribution in [-0.2, 0) is 4.79 Å². The van der Waals surface area contributed by atoms with Gasteiger partial charge in [0, 0.05) is 0 Å². The summed E-state index contributed by atoms with van der Waals surface area (Å²) in [6.07, 6.45) is 2.26. The van der Waals surface area contributed by atoms with E-state index in [4.69, 9.17) is 4.74 Å². The molecule has 0 fully saturated rings. The number of amides is 1. The summed E-state index contributed by atoms with van der Waals surface area (Å²) in [6.45, 7) is 0.